The highest BCUT2D eigenvalue weighted by Crippen LogP contribution is 2.42. The van der Waals surface area contributed by atoms with Crippen LogP contribution in [0.3, 0.4) is 0 Å². The van der Waals surface area contributed by atoms with E-state index in [4.69, 9.17) is 11.6 Å². The second-order valence-corrected chi connectivity index (χ2v) is 11.2. The molecule has 1 N–H and O–H groups in total. The van der Waals surface area contributed by atoms with E-state index >= 15 is 0 Å². The van der Waals surface area contributed by atoms with E-state index in [0.29, 0.717) is 35.4 Å². The van der Waals surface area contributed by atoms with Crippen molar-refractivity contribution >= 4 is 29.1 Å². The molecule has 218 valence electrons. The molecule has 12 heteroatoms. The molecule has 2 aliphatic rings. The van der Waals surface area contributed by atoms with Gasteiger partial charge in [-0.1, -0.05) is 11.6 Å². The number of carbonyl (C=O) groups is 2. The molecule has 0 bridgehead atoms. The Morgan fingerprint density at radius 3 is 2.15 bits per heavy atom. The number of piperidine rings is 2. The number of hydrogen-bond acceptors (Lipinski definition) is 5. The Morgan fingerprint density at radius 2 is 1.62 bits per heavy atom. The Bertz CT molecular complexity index is 1230. The molecule has 1 aromatic heterocycles. The predicted molar refractivity (Wildman–Crippen MR) is 142 cm³/mol. The van der Waals surface area contributed by atoms with E-state index in [9.17, 15) is 32.3 Å². The van der Waals surface area contributed by atoms with Crippen LogP contribution in [0.5, 0.6) is 0 Å². The van der Waals surface area contributed by atoms with Crippen molar-refractivity contribution in [1.82, 2.24) is 14.8 Å². The van der Waals surface area contributed by atoms with Crippen LogP contribution >= 0.6 is 11.6 Å². The summed E-state index contributed by atoms with van der Waals surface area (Å²) in [5.41, 5.74) is -3.31. The molecule has 2 amide bonds. The quantitative estimate of drug-likeness (QED) is 0.387. The number of rotatable bonds is 6. The van der Waals surface area contributed by atoms with Gasteiger partial charge in [0.25, 0.3) is 17.4 Å². The van der Waals surface area contributed by atoms with Crippen molar-refractivity contribution in [2.75, 3.05) is 45.2 Å². The van der Waals surface area contributed by atoms with Gasteiger partial charge in [-0.2, -0.15) is 17.6 Å². The fourth-order valence-corrected chi connectivity index (χ4v) is 5.91. The van der Waals surface area contributed by atoms with Crippen molar-refractivity contribution < 1.29 is 32.3 Å². The Kier molecular flexibility index (Phi) is 8.94. The first kappa shape index (κ1) is 30.0. The minimum atomic E-state index is -5.32. The SMILES string of the molecule is CN(C)C(=O)c1ccc(N2CCC(CC3CCN(C(=O)C(O)(c4ccnc(F)c4)C(F)(F)F)CC3)CC2)cc1Cl. The van der Waals surface area contributed by atoms with Crippen LogP contribution in [-0.2, 0) is 10.4 Å². The van der Waals surface area contributed by atoms with Crippen molar-refractivity contribution in [3.8, 4) is 0 Å². The van der Waals surface area contributed by atoms with Gasteiger partial charge in [-0.25, -0.2) is 4.98 Å². The van der Waals surface area contributed by atoms with Crippen LogP contribution < -0.4 is 4.90 Å². The highest BCUT2D eigenvalue weighted by molar-refractivity contribution is 6.34. The third-order valence-corrected chi connectivity index (χ3v) is 8.31. The number of nitrogens with zero attached hydrogens (tertiary/aromatic N) is 4. The summed E-state index contributed by atoms with van der Waals surface area (Å²) in [5, 5.41) is 11.0. The maximum absolute atomic E-state index is 13.9. The van der Waals surface area contributed by atoms with Crippen LogP contribution in [0.15, 0.2) is 36.5 Å². The van der Waals surface area contributed by atoms with Gasteiger partial charge >= 0.3 is 6.18 Å². The first-order valence-corrected chi connectivity index (χ1v) is 13.7. The fourth-order valence-electron chi connectivity index (χ4n) is 5.65. The van der Waals surface area contributed by atoms with Crippen molar-refractivity contribution in [3.05, 3.63) is 58.6 Å². The number of aromatic nitrogens is 1. The van der Waals surface area contributed by atoms with E-state index < -0.39 is 29.2 Å². The van der Waals surface area contributed by atoms with Crippen LogP contribution in [0.1, 0.15) is 48.0 Å². The van der Waals surface area contributed by atoms with E-state index in [-0.39, 0.29) is 24.9 Å². The zero-order valence-corrected chi connectivity index (χ0v) is 23.2. The van der Waals surface area contributed by atoms with E-state index in [1.165, 1.54) is 4.90 Å². The van der Waals surface area contributed by atoms with Gasteiger partial charge in [0.05, 0.1) is 10.6 Å². The van der Waals surface area contributed by atoms with E-state index in [1.54, 1.807) is 20.2 Å². The van der Waals surface area contributed by atoms with Gasteiger partial charge in [-0.15, -0.1) is 0 Å². The Hall–Kier alpha value is -2.92. The molecule has 7 nitrogen and oxygen atoms in total. The second-order valence-electron chi connectivity index (χ2n) is 10.8. The second kappa shape index (κ2) is 11.9. The van der Waals surface area contributed by atoms with E-state index in [2.05, 4.69) is 9.88 Å². The van der Waals surface area contributed by atoms with E-state index in [1.807, 2.05) is 12.1 Å². The van der Waals surface area contributed by atoms with Gasteiger partial charge in [-0.3, -0.25) is 9.59 Å². The first-order valence-electron chi connectivity index (χ1n) is 13.3. The lowest BCUT2D eigenvalue weighted by atomic mass is 9.82. The van der Waals surface area contributed by atoms with Crippen LogP contribution in [0.2, 0.25) is 5.02 Å². The minimum absolute atomic E-state index is 0.0881. The average molecular weight is 585 g/mol. The molecule has 0 aliphatic carbocycles. The molecule has 2 fully saturated rings. The van der Waals surface area contributed by atoms with Gasteiger partial charge in [0.1, 0.15) is 0 Å². The smallest absolute Gasteiger partial charge is 0.371 e. The number of hydrogen-bond donors (Lipinski definition) is 1. The molecule has 3 heterocycles. The lowest BCUT2D eigenvalue weighted by Crippen LogP contribution is -2.57. The van der Waals surface area contributed by atoms with Crippen LogP contribution in [-0.4, -0.2) is 78.2 Å². The summed E-state index contributed by atoms with van der Waals surface area (Å²) in [6, 6.07) is 6.70. The number of benzene rings is 1. The van der Waals surface area contributed by atoms with Crippen LogP contribution in [0.4, 0.5) is 23.2 Å². The molecule has 40 heavy (non-hydrogen) atoms. The van der Waals surface area contributed by atoms with Gasteiger partial charge < -0.3 is 19.8 Å². The molecule has 2 aliphatic heterocycles. The molecule has 0 spiro atoms. The molecule has 2 aromatic rings. The summed E-state index contributed by atoms with van der Waals surface area (Å²) in [4.78, 5) is 33.1. The molecular formula is C28H33ClF4N4O3. The van der Waals surface area contributed by atoms with Crippen molar-refractivity contribution in [2.24, 2.45) is 11.8 Å². The number of alkyl halides is 3. The first-order chi connectivity index (χ1) is 18.8. The van der Waals surface area contributed by atoms with Gasteiger partial charge in [0, 0.05) is 63.8 Å². The maximum atomic E-state index is 13.9. The lowest BCUT2D eigenvalue weighted by molar-refractivity contribution is -0.262. The van der Waals surface area contributed by atoms with E-state index in [0.717, 1.165) is 55.2 Å². The molecule has 4 rings (SSSR count). The number of amides is 2. The number of pyridine rings is 1. The summed E-state index contributed by atoms with van der Waals surface area (Å²) in [6.45, 7) is 1.82. The summed E-state index contributed by atoms with van der Waals surface area (Å²) >= 11 is 6.37. The third kappa shape index (κ3) is 6.20. The zero-order chi connectivity index (χ0) is 29.2. The molecule has 0 saturated carbocycles. The summed E-state index contributed by atoms with van der Waals surface area (Å²) < 4.78 is 55.3. The summed E-state index contributed by atoms with van der Waals surface area (Å²) in [5.74, 6) is -2.16. The minimum Gasteiger partial charge on any atom is -0.371 e. The fraction of sp³-hybridized carbons (Fsp3) is 0.536. The normalized spacial score (nSPS) is 18.9. The van der Waals surface area contributed by atoms with Crippen molar-refractivity contribution in [3.63, 3.8) is 0 Å². The molecule has 1 unspecified atom stereocenters. The Labute approximate surface area is 235 Å². The third-order valence-electron chi connectivity index (χ3n) is 8.00. The topological polar surface area (TPSA) is 77.0 Å². The predicted octanol–water partition coefficient (Wildman–Crippen LogP) is 4.87. The lowest BCUT2D eigenvalue weighted by Gasteiger charge is -2.40. The standard InChI is InChI=1S/C28H33ClF4N4O3/c1-35(2)25(38)22-4-3-21(17-23(22)29)36-11-6-18(7-12-36)15-19-8-13-37(14-9-19)26(39)27(40,28(31,32)33)20-5-10-34-24(30)16-20/h3-5,10,16-19,40H,6-9,11-15H2,1-2H3. The monoisotopic (exact) mass is 584 g/mol. The Balaban J connectivity index is 1.30. The Morgan fingerprint density at radius 1 is 1.02 bits per heavy atom. The zero-order valence-electron chi connectivity index (χ0n) is 22.4. The van der Waals surface area contributed by atoms with Crippen LogP contribution in [0.25, 0.3) is 0 Å². The van der Waals surface area contributed by atoms with Crippen molar-refractivity contribution in [1.29, 1.82) is 0 Å². The highest BCUT2D eigenvalue weighted by atomic mass is 35.5. The number of carbonyl (C=O) groups excluding carboxylic acids is 2. The van der Waals surface area contributed by atoms with Gasteiger partial charge in [0.15, 0.2) is 0 Å². The molecular weight excluding hydrogens is 552 g/mol. The van der Waals surface area contributed by atoms with Gasteiger partial charge in [-0.05, 0) is 68.2 Å². The van der Waals surface area contributed by atoms with Crippen LogP contribution in [0, 0.1) is 17.8 Å². The summed E-state index contributed by atoms with van der Waals surface area (Å²) in [7, 11) is 3.35. The molecule has 1 aromatic carbocycles. The molecule has 0 radical (unpaired) electrons. The average Bonchev–Trinajstić information content (AvgIpc) is 2.92. The number of halogens is 5. The molecule has 1 atom stereocenters. The summed E-state index contributed by atoms with van der Waals surface area (Å²) in [6.07, 6.45) is -0.681. The maximum Gasteiger partial charge on any atom is 0.430 e. The number of aliphatic hydroxyl groups is 1. The number of anilines is 1. The van der Waals surface area contributed by atoms with Crippen molar-refractivity contribution in [2.45, 2.75) is 43.9 Å². The van der Waals surface area contributed by atoms with Gasteiger partial charge in [0.2, 0.25) is 5.95 Å². The number of likely N-dealkylation sites (tertiary alicyclic amines) is 1. The largest absolute Gasteiger partial charge is 0.430 e. The highest BCUT2D eigenvalue weighted by Gasteiger charge is 2.62. The molecule has 2 saturated heterocycles.